The molecule has 0 aliphatic heterocycles. The van der Waals surface area contributed by atoms with Crippen LogP contribution in [-0.2, 0) is 28.5 Å². The summed E-state index contributed by atoms with van der Waals surface area (Å²) in [5.74, 6) is 0.235. The lowest BCUT2D eigenvalue weighted by Crippen LogP contribution is -2.37. The van der Waals surface area contributed by atoms with E-state index in [0.29, 0.717) is 85.1 Å². The molecule has 3 amide bonds. The molecule has 0 aromatic carbocycles. The molecule has 0 atom stereocenters. The second kappa shape index (κ2) is 24.4. The summed E-state index contributed by atoms with van der Waals surface area (Å²) in [4.78, 5) is 35.1. The predicted octanol–water partition coefficient (Wildman–Crippen LogP) is 3.20. The average molecular weight is 534 g/mol. The predicted molar refractivity (Wildman–Crippen MR) is 142 cm³/mol. The Hall–Kier alpha value is -1.95. The Labute approximate surface area is 223 Å². The van der Waals surface area contributed by atoms with Crippen molar-refractivity contribution in [3.63, 3.8) is 0 Å². The highest BCUT2D eigenvalue weighted by Gasteiger charge is 2.15. The van der Waals surface area contributed by atoms with E-state index in [1.807, 2.05) is 20.8 Å². The van der Waals surface area contributed by atoms with Crippen LogP contribution in [0.3, 0.4) is 0 Å². The molecule has 0 unspecified atom stereocenters. The van der Waals surface area contributed by atoms with Gasteiger partial charge in [-0.3, -0.25) is 4.79 Å². The second-order valence-corrected chi connectivity index (χ2v) is 9.51. The summed E-state index contributed by atoms with van der Waals surface area (Å²) in [5.41, 5.74) is -0.517. The lowest BCUT2D eigenvalue weighted by atomic mass is 10.1. The van der Waals surface area contributed by atoms with Gasteiger partial charge in [-0.05, 0) is 46.5 Å². The molecular formula is C26H51N3O8. The first-order valence-corrected chi connectivity index (χ1v) is 13.6. The summed E-state index contributed by atoms with van der Waals surface area (Å²) in [6.45, 7) is 13.0. The van der Waals surface area contributed by atoms with Crippen LogP contribution in [0.1, 0.15) is 72.6 Å². The SMILES string of the molecule is CCCOCCOCCNC(=O)NCCCCCC(=O)CCCOCCOCCNC(=O)OC(C)(C)C. The number of ether oxygens (including phenoxy) is 5. The van der Waals surface area contributed by atoms with Crippen LogP contribution in [0.4, 0.5) is 9.59 Å². The molecule has 37 heavy (non-hydrogen) atoms. The Morgan fingerprint density at radius 2 is 1.14 bits per heavy atom. The number of carbonyl (C=O) groups excluding carboxylic acids is 3. The molecule has 0 heterocycles. The van der Waals surface area contributed by atoms with Gasteiger partial charge >= 0.3 is 12.1 Å². The van der Waals surface area contributed by atoms with Gasteiger partial charge < -0.3 is 39.6 Å². The number of ketones is 1. The fraction of sp³-hybridized carbons (Fsp3) is 0.885. The molecule has 0 fully saturated rings. The zero-order chi connectivity index (χ0) is 27.6. The molecule has 3 N–H and O–H groups in total. The molecule has 0 aromatic rings. The van der Waals surface area contributed by atoms with E-state index in [1.54, 1.807) is 0 Å². The van der Waals surface area contributed by atoms with E-state index >= 15 is 0 Å². The Bertz CT molecular complexity index is 585. The highest BCUT2D eigenvalue weighted by molar-refractivity contribution is 5.78. The summed E-state index contributed by atoms with van der Waals surface area (Å²) < 4.78 is 26.6. The van der Waals surface area contributed by atoms with Crippen LogP contribution in [0.2, 0.25) is 0 Å². The minimum atomic E-state index is -0.517. The number of carbonyl (C=O) groups is 3. The molecule has 0 saturated carbocycles. The van der Waals surface area contributed by atoms with Crippen molar-refractivity contribution >= 4 is 17.9 Å². The number of hydrogen-bond donors (Lipinski definition) is 3. The van der Waals surface area contributed by atoms with E-state index < -0.39 is 11.7 Å². The first-order valence-electron chi connectivity index (χ1n) is 13.6. The number of amides is 3. The quantitative estimate of drug-likeness (QED) is 0.161. The molecule has 0 rings (SSSR count). The van der Waals surface area contributed by atoms with Gasteiger partial charge in [-0.15, -0.1) is 0 Å². The highest BCUT2D eigenvalue weighted by atomic mass is 16.6. The van der Waals surface area contributed by atoms with Crippen molar-refractivity contribution in [1.82, 2.24) is 16.0 Å². The van der Waals surface area contributed by atoms with Crippen LogP contribution in [-0.4, -0.2) is 96.0 Å². The molecular weight excluding hydrogens is 482 g/mol. The van der Waals surface area contributed by atoms with Crippen molar-refractivity contribution in [2.45, 2.75) is 78.2 Å². The molecule has 0 aliphatic carbocycles. The summed E-state index contributed by atoms with van der Waals surface area (Å²) in [6, 6.07) is -0.204. The molecule has 0 radical (unpaired) electrons. The van der Waals surface area contributed by atoms with Crippen LogP contribution < -0.4 is 16.0 Å². The van der Waals surface area contributed by atoms with Gasteiger partial charge in [-0.25, -0.2) is 9.59 Å². The van der Waals surface area contributed by atoms with Gasteiger partial charge in [0.05, 0.1) is 39.6 Å². The fourth-order valence-corrected chi connectivity index (χ4v) is 2.95. The number of hydrogen-bond acceptors (Lipinski definition) is 8. The van der Waals surface area contributed by atoms with E-state index in [4.69, 9.17) is 23.7 Å². The van der Waals surface area contributed by atoms with Crippen LogP contribution >= 0.6 is 0 Å². The Balaban J connectivity index is 3.35. The third-order valence-corrected chi connectivity index (χ3v) is 4.70. The number of nitrogens with one attached hydrogen (secondary N) is 3. The second-order valence-electron chi connectivity index (χ2n) is 9.51. The molecule has 0 aliphatic rings. The maximum absolute atomic E-state index is 12.0. The van der Waals surface area contributed by atoms with Crippen molar-refractivity contribution < 1.29 is 38.1 Å². The van der Waals surface area contributed by atoms with Gasteiger partial charge in [0.1, 0.15) is 11.4 Å². The van der Waals surface area contributed by atoms with E-state index in [9.17, 15) is 14.4 Å². The summed E-state index contributed by atoms with van der Waals surface area (Å²) in [5, 5.41) is 8.17. The monoisotopic (exact) mass is 533 g/mol. The van der Waals surface area contributed by atoms with Crippen molar-refractivity contribution in [2.75, 3.05) is 72.5 Å². The Morgan fingerprint density at radius 1 is 0.595 bits per heavy atom. The van der Waals surface area contributed by atoms with Crippen LogP contribution in [0, 0.1) is 0 Å². The fourth-order valence-electron chi connectivity index (χ4n) is 2.95. The first kappa shape index (κ1) is 35.0. The smallest absolute Gasteiger partial charge is 0.407 e. The molecule has 0 saturated heterocycles. The topological polar surface area (TPSA) is 133 Å². The normalized spacial score (nSPS) is 11.2. The highest BCUT2D eigenvalue weighted by Crippen LogP contribution is 2.06. The van der Waals surface area contributed by atoms with E-state index in [0.717, 1.165) is 32.3 Å². The lowest BCUT2D eigenvalue weighted by molar-refractivity contribution is -0.119. The molecule has 0 aromatic heterocycles. The molecule has 11 nitrogen and oxygen atoms in total. The van der Waals surface area contributed by atoms with Gasteiger partial charge in [0.2, 0.25) is 0 Å². The third kappa shape index (κ3) is 28.5. The number of Topliss-reactive ketones (excluding diaryl/α,β-unsaturated/α-hetero) is 1. The van der Waals surface area contributed by atoms with Crippen molar-refractivity contribution in [1.29, 1.82) is 0 Å². The first-order chi connectivity index (χ1) is 17.7. The Kier molecular flexibility index (Phi) is 23.1. The van der Waals surface area contributed by atoms with Gasteiger partial charge in [0.15, 0.2) is 0 Å². The number of urea groups is 1. The van der Waals surface area contributed by atoms with E-state index in [1.165, 1.54) is 0 Å². The largest absolute Gasteiger partial charge is 0.444 e. The van der Waals surface area contributed by atoms with Crippen molar-refractivity contribution in [3.8, 4) is 0 Å². The third-order valence-electron chi connectivity index (χ3n) is 4.70. The van der Waals surface area contributed by atoms with E-state index in [2.05, 4.69) is 22.9 Å². The summed E-state index contributed by atoms with van der Waals surface area (Å²) in [7, 11) is 0. The van der Waals surface area contributed by atoms with Gasteiger partial charge in [0, 0.05) is 45.7 Å². The van der Waals surface area contributed by atoms with Gasteiger partial charge in [-0.2, -0.15) is 0 Å². The maximum atomic E-state index is 12.0. The van der Waals surface area contributed by atoms with Crippen molar-refractivity contribution in [3.05, 3.63) is 0 Å². The van der Waals surface area contributed by atoms with E-state index in [-0.39, 0.29) is 11.8 Å². The molecule has 11 heteroatoms. The Morgan fingerprint density at radius 3 is 1.76 bits per heavy atom. The molecule has 0 bridgehead atoms. The summed E-state index contributed by atoms with van der Waals surface area (Å²) in [6.07, 6.45) is 4.84. The maximum Gasteiger partial charge on any atom is 0.407 e. The standard InChI is InChI=1S/C26H51N3O8/c1-5-15-33-19-21-35-17-13-28-24(31)27-12-8-6-7-10-23(30)11-9-16-34-20-22-36-18-14-29-25(32)37-26(2,3)4/h5-22H2,1-4H3,(H,29,32)(H2,27,28,31). The number of unbranched alkanes of at least 4 members (excludes halogenated alkanes) is 2. The van der Waals surface area contributed by atoms with Crippen LogP contribution in [0.5, 0.6) is 0 Å². The average Bonchev–Trinajstić information content (AvgIpc) is 2.83. The minimum absolute atomic E-state index is 0.204. The number of alkyl carbamates (subject to hydrolysis) is 1. The zero-order valence-corrected chi connectivity index (χ0v) is 23.5. The lowest BCUT2D eigenvalue weighted by Gasteiger charge is -2.19. The zero-order valence-electron chi connectivity index (χ0n) is 23.5. The summed E-state index contributed by atoms with van der Waals surface area (Å²) >= 11 is 0. The number of rotatable bonds is 24. The van der Waals surface area contributed by atoms with Crippen molar-refractivity contribution in [2.24, 2.45) is 0 Å². The molecule has 0 spiro atoms. The van der Waals surface area contributed by atoms with Gasteiger partial charge in [-0.1, -0.05) is 13.3 Å². The van der Waals surface area contributed by atoms with Crippen LogP contribution in [0.15, 0.2) is 0 Å². The van der Waals surface area contributed by atoms with Gasteiger partial charge in [0.25, 0.3) is 0 Å². The molecule has 218 valence electrons. The minimum Gasteiger partial charge on any atom is -0.444 e. The van der Waals surface area contributed by atoms with Crippen LogP contribution in [0.25, 0.3) is 0 Å².